The summed E-state index contributed by atoms with van der Waals surface area (Å²) in [6.45, 7) is 13.9. The van der Waals surface area contributed by atoms with Gasteiger partial charge in [0.1, 0.15) is 0 Å². The summed E-state index contributed by atoms with van der Waals surface area (Å²) >= 11 is 0. The molecule has 2 nitrogen and oxygen atoms in total. The molecule has 0 saturated heterocycles. The Morgan fingerprint density at radius 2 is 1.58 bits per heavy atom. The number of carbonyl (C=O) groups excluding carboxylic acids is 1. The van der Waals surface area contributed by atoms with Crippen LogP contribution in [0.3, 0.4) is 0 Å². The summed E-state index contributed by atoms with van der Waals surface area (Å²) in [6, 6.07) is 0. The average Bonchev–Trinajstić information content (AvgIpc) is 2.26. The lowest BCUT2D eigenvalue weighted by Gasteiger charge is -2.23. The lowest BCUT2D eigenvalue weighted by molar-refractivity contribution is -0.149. The molecule has 0 spiro atoms. The first-order valence-electron chi connectivity index (χ1n) is 7.96. The molecule has 0 saturated carbocycles. The third-order valence-corrected chi connectivity index (χ3v) is 3.42. The summed E-state index contributed by atoms with van der Waals surface area (Å²) in [5.41, 5.74) is 0.358. The highest BCUT2D eigenvalue weighted by molar-refractivity contribution is 5.72. The summed E-state index contributed by atoms with van der Waals surface area (Å²) in [7, 11) is 0. The van der Waals surface area contributed by atoms with Gasteiger partial charge in [-0.05, 0) is 37.0 Å². The van der Waals surface area contributed by atoms with Crippen molar-refractivity contribution >= 4 is 5.97 Å². The van der Waals surface area contributed by atoms with E-state index in [2.05, 4.69) is 41.5 Å². The van der Waals surface area contributed by atoms with Crippen molar-refractivity contribution in [3.8, 4) is 0 Å². The van der Waals surface area contributed by atoms with E-state index in [4.69, 9.17) is 4.74 Å². The fourth-order valence-corrected chi connectivity index (χ4v) is 2.70. The lowest BCUT2D eigenvalue weighted by Crippen LogP contribution is -2.20. The van der Waals surface area contributed by atoms with Gasteiger partial charge in [0, 0.05) is 0 Å². The topological polar surface area (TPSA) is 26.3 Å². The van der Waals surface area contributed by atoms with Gasteiger partial charge < -0.3 is 4.74 Å². The van der Waals surface area contributed by atoms with E-state index in [0.29, 0.717) is 17.9 Å². The van der Waals surface area contributed by atoms with Crippen LogP contribution >= 0.6 is 0 Å². The zero-order chi connectivity index (χ0) is 14.9. The van der Waals surface area contributed by atoms with Crippen LogP contribution in [0.5, 0.6) is 0 Å². The molecular weight excluding hydrogens is 236 g/mol. The maximum atomic E-state index is 12.0. The summed E-state index contributed by atoms with van der Waals surface area (Å²) < 4.78 is 5.46. The van der Waals surface area contributed by atoms with E-state index in [1.54, 1.807) is 0 Å². The number of rotatable bonds is 9. The smallest absolute Gasteiger partial charge is 0.308 e. The third kappa shape index (κ3) is 9.98. The van der Waals surface area contributed by atoms with Crippen LogP contribution in [-0.2, 0) is 9.53 Å². The van der Waals surface area contributed by atoms with Gasteiger partial charge in [-0.2, -0.15) is 0 Å². The van der Waals surface area contributed by atoms with Gasteiger partial charge in [0.2, 0.25) is 0 Å². The highest BCUT2D eigenvalue weighted by Gasteiger charge is 2.19. The molecule has 0 aromatic rings. The van der Waals surface area contributed by atoms with Gasteiger partial charge in [0.15, 0.2) is 0 Å². The molecule has 0 aliphatic rings. The quantitative estimate of drug-likeness (QED) is 0.538. The minimum Gasteiger partial charge on any atom is -0.465 e. The van der Waals surface area contributed by atoms with Crippen LogP contribution in [0.1, 0.15) is 80.1 Å². The van der Waals surface area contributed by atoms with E-state index in [-0.39, 0.29) is 11.9 Å². The Hall–Kier alpha value is -0.530. The fourth-order valence-electron chi connectivity index (χ4n) is 2.70. The molecule has 0 rings (SSSR count). The molecule has 0 amide bonds. The standard InChI is InChI=1S/C17H34O2/c1-7-9-15(10-8-2)16(18)19-12-11-14(3)13-17(4,5)6/h14-15H,7-13H2,1-6H3. The number of carbonyl (C=O) groups is 1. The van der Waals surface area contributed by atoms with Crippen LogP contribution in [0, 0.1) is 17.3 Å². The van der Waals surface area contributed by atoms with Crippen LogP contribution in [0.4, 0.5) is 0 Å². The van der Waals surface area contributed by atoms with E-state index >= 15 is 0 Å². The molecule has 0 N–H and O–H groups in total. The maximum absolute atomic E-state index is 12.0. The minimum atomic E-state index is 0.0201. The number of ether oxygens (including phenoxy) is 1. The van der Waals surface area contributed by atoms with Crippen LogP contribution in [0.25, 0.3) is 0 Å². The van der Waals surface area contributed by atoms with Crippen LogP contribution in [0.2, 0.25) is 0 Å². The Labute approximate surface area is 120 Å². The third-order valence-electron chi connectivity index (χ3n) is 3.42. The molecule has 0 bridgehead atoms. The van der Waals surface area contributed by atoms with Crippen molar-refractivity contribution in [1.82, 2.24) is 0 Å². The molecule has 1 unspecified atom stereocenters. The van der Waals surface area contributed by atoms with Gasteiger partial charge >= 0.3 is 5.97 Å². The van der Waals surface area contributed by atoms with Crippen LogP contribution < -0.4 is 0 Å². The number of esters is 1. The Kier molecular flexibility index (Phi) is 9.12. The maximum Gasteiger partial charge on any atom is 0.308 e. The molecule has 2 heteroatoms. The Morgan fingerprint density at radius 1 is 1.05 bits per heavy atom. The van der Waals surface area contributed by atoms with Crippen molar-refractivity contribution in [1.29, 1.82) is 0 Å². The SMILES string of the molecule is CCCC(CCC)C(=O)OCCC(C)CC(C)(C)C. The molecule has 0 radical (unpaired) electrons. The monoisotopic (exact) mass is 270 g/mol. The molecule has 0 aliphatic carbocycles. The first-order chi connectivity index (χ1) is 8.80. The lowest BCUT2D eigenvalue weighted by atomic mass is 9.84. The van der Waals surface area contributed by atoms with Gasteiger partial charge in [-0.25, -0.2) is 0 Å². The Bertz CT molecular complexity index is 234. The van der Waals surface area contributed by atoms with Crippen molar-refractivity contribution < 1.29 is 9.53 Å². The van der Waals surface area contributed by atoms with Gasteiger partial charge in [-0.15, -0.1) is 0 Å². The molecule has 114 valence electrons. The van der Waals surface area contributed by atoms with Gasteiger partial charge in [-0.3, -0.25) is 4.79 Å². The second kappa shape index (κ2) is 9.39. The summed E-state index contributed by atoms with van der Waals surface area (Å²) in [5.74, 6) is 0.753. The summed E-state index contributed by atoms with van der Waals surface area (Å²) in [4.78, 5) is 12.0. The predicted molar refractivity (Wildman–Crippen MR) is 82.1 cm³/mol. The molecule has 0 heterocycles. The van der Waals surface area contributed by atoms with E-state index in [1.807, 2.05) is 0 Å². The van der Waals surface area contributed by atoms with Crippen molar-refractivity contribution in [2.45, 2.75) is 80.1 Å². The first-order valence-corrected chi connectivity index (χ1v) is 7.96. The van der Waals surface area contributed by atoms with E-state index in [0.717, 1.165) is 32.1 Å². The van der Waals surface area contributed by atoms with E-state index in [9.17, 15) is 4.79 Å². The van der Waals surface area contributed by atoms with Crippen LogP contribution in [0.15, 0.2) is 0 Å². The zero-order valence-electron chi connectivity index (χ0n) is 13.9. The van der Waals surface area contributed by atoms with Crippen molar-refractivity contribution in [3.05, 3.63) is 0 Å². The summed E-state index contributed by atoms with van der Waals surface area (Å²) in [5, 5.41) is 0. The molecule has 1 atom stereocenters. The average molecular weight is 270 g/mol. The second-order valence-electron chi connectivity index (χ2n) is 7.10. The van der Waals surface area contributed by atoms with Crippen molar-refractivity contribution in [2.75, 3.05) is 6.61 Å². The van der Waals surface area contributed by atoms with Crippen molar-refractivity contribution in [3.63, 3.8) is 0 Å². The predicted octanol–water partition coefficient (Wildman–Crippen LogP) is 5.21. The molecular formula is C17H34O2. The molecule has 0 aliphatic heterocycles. The molecule has 0 fully saturated rings. The Morgan fingerprint density at radius 3 is 2.00 bits per heavy atom. The Balaban J connectivity index is 3.94. The normalized spacial score (nSPS) is 13.6. The van der Waals surface area contributed by atoms with E-state index < -0.39 is 0 Å². The number of hydrogen-bond acceptors (Lipinski definition) is 2. The fraction of sp³-hybridized carbons (Fsp3) is 0.941. The highest BCUT2D eigenvalue weighted by atomic mass is 16.5. The first kappa shape index (κ1) is 18.5. The van der Waals surface area contributed by atoms with Gasteiger partial charge in [0.25, 0.3) is 0 Å². The van der Waals surface area contributed by atoms with Crippen LogP contribution in [-0.4, -0.2) is 12.6 Å². The second-order valence-corrected chi connectivity index (χ2v) is 7.10. The zero-order valence-corrected chi connectivity index (χ0v) is 13.9. The van der Waals surface area contributed by atoms with Gasteiger partial charge in [0.05, 0.1) is 12.5 Å². The molecule has 0 aromatic heterocycles. The minimum absolute atomic E-state index is 0.0201. The molecule has 0 aromatic carbocycles. The van der Waals surface area contributed by atoms with Gasteiger partial charge in [-0.1, -0.05) is 54.4 Å². The van der Waals surface area contributed by atoms with E-state index in [1.165, 1.54) is 6.42 Å². The summed E-state index contributed by atoms with van der Waals surface area (Å²) in [6.07, 6.45) is 6.20. The largest absolute Gasteiger partial charge is 0.465 e. The number of hydrogen-bond donors (Lipinski definition) is 0. The highest BCUT2D eigenvalue weighted by Crippen LogP contribution is 2.26. The molecule has 19 heavy (non-hydrogen) atoms. The van der Waals surface area contributed by atoms with Crippen molar-refractivity contribution in [2.24, 2.45) is 17.3 Å².